The molecule has 0 N–H and O–H groups in total. The molecule has 0 radical (unpaired) electrons. The Bertz CT molecular complexity index is 1130. The van der Waals surface area contributed by atoms with Crippen LogP contribution < -0.4 is 9.53 Å². The van der Waals surface area contributed by atoms with Gasteiger partial charge in [-0.2, -0.15) is 0 Å². The first kappa shape index (κ1) is 17.3. The highest BCUT2D eigenvalue weighted by Gasteiger charge is 2.26. The van der Waals surface area contributed by atoms with Gasteiger partial charge in [-0.1, -0.05) is 36.4 Å². The van der Waals surface area contributed by atoms with Gasteiger partial charge in [0.15, 0.2) is 5.75 Å². The Morgan fingerprint density at radius 2 is 1.68 bits per heavy atom. The van der Waals surface area contributed by atoms with E-state index in [1.165, 1.54) is 19.2 Å². The van der Waals surface area contributed by atoms with Crippen LogP contribution in [-0.2, 0) is 0 Å². The predicted octanol–water partition coefficient (Wildman–Crippen LogP) is 3.13. The van der Waals surface area contributed by atoms with Crippen molar-refractivity contribution in [3.05, 3.63) is 89.0 Å². The molecular formula is C20H16N5O3+. The van der Waals surface area contributed by atoms with Crippen molar-refractivity contribution in [3.63, 3.8) is 0 Å². The van der Waals surface area contributed by atoms with E-state index in [4.69, 9.17) is 4.74 Å². The maximum absolute atomic E-state index is 11.1. The fourth-order valence-electron chi connectivity index (χ4n) is 2.82. The second-order valence-corrected chi connectivity index (χ2v) is 5.92. The molecule has 0 fully saturated rings. The van der Waals surface area contributed by atoms with Crippen molar-refractivity contribution < 1.29 is 14.5 Å². The number of rotatable bonds is 5. The zero-order valence-corrected chi connectivity index (χ0v) is 15.0. The van der Waals surface area contributed by atoms with Crippen LogP contribution in [-0.4, -0.2) is 27.0 Å². The fraction of sp³-hybridized carbons (Fsp3) is 0.0500. The molecule has 0 spiro atoms. The van der Waals surface area contributed by atoms with Crippen molar-refractivity contribution in [3.8, 4) is 28.5 Å². The average molecular weight is 374 g/mol. The van der Waals surface area contributed by atoms with Gasteiger partial charge < -0.3 is 4.74 Å². The van der Waals surface area contributed by atoms with Crippen molar-refractivity contribution in [1.29, 1.82) is 0 Å². The molecule has 8 nitrogen and oxygen atoms in total. The molecule has 0 unspecified atom stereocenters. The van der Waals surface area contributed by atoms with Crippen LogP contribution in [0.1, 0.15) is 0 Å². The number of non-ortho nitro benzene ring substituents is 1. The summed E-state index contributed by atoms with van der Waals surface area (Å²) in [6, 6.07) is 23.5. The number of methoxy groups -OCH3 is 1. The molecule has 0 amide bonds. The van der Waals surface area contributed by atoms with Crippen LogP contribution >= 0.6 is 0 Å². The number of hydrogen-bond donors (Lipinski definition) is 0. The number of nitro benzene ring substituents is 1. The lowest BCUT2D eigenvalue weighted by Crippen LogP contribution is -2.43. The van der Waals surface area contributed by atoms with Crippen molar-refractivity contribution in [2.45, 2.75) is 0 Å². The van der Waals surface area contributed by atoms with E-state index in [9.17, 15) is 10.1 Å². The molecule has 3 aromatic carbocycles. The van der Waals surface area contributed by atoms with E-state index in [2.05, 4.69) is 10.2 Å². The van der Waals surface area contributed by atoms with Crippen molar-refractivity contribution >= 4 is 5.69 Å². The van der Waals surface area contributed by atoms with E-state index in [0.717, 1.165) is 11.3 Å². The molecule has 0 aliphatic heterocycles. The smallest absolute Gasteiger partial charge is 0.340 e. The predicted molar refractivity (Wildman–Crippen MR) is 102 cm³/mol. The van der Waals surface area contributed by atoms with Crippen molar-refractivity contribution in [2.75, 3.05) is 7.11 Å². The van der Waals surface area contributed by atoms with Gasteiger partial charge >= 0.3 is 5.82 Å². The van der Waals surface area contributed by atoms with Gasteiger partial charge in [-0.15, -0.1) is 0 Å². The summed E-state index contributed by atoms with van der Waals surface area (Å²) in [5.74, 6) is 0.841. The van der Waals surface area contributed by atoms with Crippen LogP contribution in [0.3, 0.4) is 0 Å². The summed E-state index contributed by atoms with van der Waals surface area (Å²) in [7, 11) is 1.46. The standard InChI is InChI=1S/C20H16N5O3/c1-28-19-14-17(25(26)27)12-13-18(19)24-22-20(15-8-4-2-5-9-15)21-23(24)16-10-6-3-7-11-16/h2-14H,1H3/q+1. The second-order valence-electron chi connectivity index (χ2n) is 5.92. The number of nitrogens with zero attached hydrogens (tertiary/aromatic N) is 5. The zero-order chi connectivity index (χ0) is 19.5. The maximum atomic E-state index is 11.1. The number of ether oxygens (including phenoxy) is 1. The minimum atomic E-state index is -0.464. The summed E-state index contributed by atoms with van der Waals surface area (Å²) >= 11 is 0. The lowest BCUT2D eigenvalue weighted by atomic mass is 10.2. The van der Waals surface area contributed by atoms with Crippen LogP contribution in [0, 0.1) is 10.1 Å². The number of tetrazole rings is 1. The average Bonchev–Trinajstić information content (AvgIpc) is 3.19. The van der Waals surface area contributed by atoms with Gasteiger partial charge in [-0.05, 0) is 34.2 Å². The summed E-state index contributed by atoms with van der Waals surface area (Å²) in [5, 5.41) is 20.4. The summed E-state index contributed by atoms with van der Waals surface area (Å²) < 4.78 is 5.39. The van der Waals surface area contributed by atoms with Crippen LogP contribution in [0.2, 0.25) is 0 Å². The lowest BCUT2D eigenvalue weighted by molar-refractivity contribution is -0.734. The minimum Gasteiger partial charge on any atom is -0.492 e. The van der Waals surface area contributed by atoms with Crippen LogP contribution in [0.25, 0.3) is 22.8 Å². The molecule has 4 aromatic rings. The van der Waals surface area contributed by atoms with Gasteiger partial charge in [0.25, 0.3) is 5.69 Å². The molecule has 0 saturated heterocycles. The number of benzene rings is 3. The van der Waals surface area contributed by atoms with E-state index < -0.39 is 4.92 Å². The molecule has 4 rings (SSSR count). The fourth-order valence-corrected chi connectivity index (χ4v) is 2.82. The van der Waals surface area contributed by atoms with E-state index in [0.29, 0.717) is 17.3 Å². The first-order valence-corrected chi connectivity index (χ1v) is 8.50. The van der Waals surface area contributed by atoms with Crippen LogP contribution in [0.15, 0.2) is 78.9 Å². The Labute approximate surface area is 160 Å². The van der Waals surface area contributed by atoms with Gasteiger partial charge in [-0.3, -0.25) is 10.1 Å². The topological polar surface area (TPSA) is 87.0 Å². The Balaban J connectivity index is 1.93. The highest BCUT2D eigenvalue weighted by Crippen LogP contribution is 2.25. The first-order valence-electron chi connectivity index (χ1n) is 8.50. The normalized spacial score (nSPS) is 10.6. The zero-order valence-electron chi connectivity index (χ0n) is 15.0. The Morgan fingerprint density at radius 1 is 1.00 bits per heavy atom. The summed E-state index contributed by atoms with van der Waals surface area (Å²) in [5.41, 5.74) is 2.12. The SMILES string of the molecule is COc1cc([N+](=O)[O-])ccc1-[n+]1nc(-c2ccccc2)nn1-c1ccccc1. The number of hydrogen-bond acceptors (Lipinski definition) is 5. The summed E-state index contributed by atoms with van der Waals surface area (Å²) in [4.78, 5) is 13.8. The molecule has 0 atom stereocenters. The molecule has 0 saturated carbocycles. The largest absolute Gasteiger partial charge is 0.492 e. The number of nitro groups is 1. The van der Waals surface area contributed by atoms with E-state index in [1.54, 1.807) is 15.7 Å². The minimum absolute atomic E-state index is 0.0599. The van der Waals surface area contributed by atoms with Gasteiger partial charge in [0.1, 0.15) is 5.69 Å². The molecule has 8 heteroatoms. The molecule has 1 aromatic heterocycles. The third-order valence-electron chi connectivity index (χ3n) is 4.17. The van der Waals surface area contributed by atoms with Crippen LogP contribution in [0.4, 0.5) is 5.69 Å². The van der Waals surface area contributed by atoms with Crippen molar-refractivity contribution in [1.82, 2.24) is 15.0 Å². The molecule has 28 heavy (non-hydrogen) atoms. The Morgan fingerprint density at radius 3 is 2.32 bits per heavy atom. The van der Waals surface area contributed by atoms with Gasteiger partial charge in [-0.25, -0.2) is 0 Å². The third kappa shape index (κ3) is 3.18. The monoisotopic (exact) mass is 374 g/mol. The highest BCUT2D eigenvalue weighted by molar-refractivity contribution is 5.53. The van der Waals surface area contributed by atoms with E-state index in [1.807, 2.05) is 60.7 Å². The molecule has 138 valence electrons. The third-order valence-corrected chi connectivity index (χ3v) is 4.17. The number of para-hydroxylation sites is 1. The van der Waals surface area contributed by atoms with E-state index >= 15 is 0 Å². The molecule has 0 aliphatic rings. The van der Waals surface area contributed by atoms with Gasteiger partial charge in [0, 0.05) is 16.9 Å². The van der Waals surface area contributed by atoms with Crippen molar-refractivity contribution in [2.24, 2.45) is 0 Å². The quantitative estimate of drug-likeness (QED) is 0.304. The Hall–Kier alpha value is -4.07. The Kier molecular flexibility index (Phi) is 4.51. The molecular weight excluding hydrogens is 358 g/mol. The summed E-state index contributed by atoms with van der Waals surface area (Å²) in [6.07, 6.45) is 0. The van der Waals surface area contributed by atoms with Gasteiger partial charge in [0.2, 0.25) is 5.69 Å². The highest BCUT2D eigenvalue weighted by atomic mass is 16.6. The second kappa shape index (κ2) is 7.28. The molecule has 0 aliphatic carbocycles. The lowest BCUT2D eigenvalue weighted by Gasteiger charge is -2.05. The van der Waals surface area contributed by atoms with Crippen LogP contribution in [0.5, 0.6) is 5.75 Å². The first-order chi connectivity index (χ1) is 13.7. The summed E-state index contributed by atoms with van der Waals surface area (Å²) in [6.45, 7) is 0. The molecule has 0 bridgehead atoms. The van der Waals surface area contributed by atoms with Gasteiger partial charge in [0.05, 0.1) is 28.8 Å². The molecule has 1 heterocycles. The number of aromatic nitrogens is 4. The maximum Gasteiger partial charge on any atom is 0.340 e. The van der Waals surface area contributed by atoms with E-state index in [-0.39, 0.29) is 5.69 Å².